The number of esters is 1. The van der Waals surface area contributed by atoms with Gasteiger partial charge in [0.1, 0.15) is 0 Å². The van der Waals surface area contributed by atoms with Crippen LogP contribution in [0.5, 0.6) is 0 Å². The van der Waals surface area contributed by atoms with Gasteiger partial charge < -0.3 is 4.74 Å². The van der Waals surface area contributed by atoms with Gasteiger partial charge in [-0.3, -0.25) is 0 Å². The minimum absolute atomic E-state index is 0.297. The fourth-order valence-electron chi connectivity index (χ4n) is 3.42. The Morgan fingerprint density at radius 1 is 0.783 bits per heavy atom. The Morgan fingerprint density at radius 3 is 2.17 bits per heavy atom. The molecule has 2 nitrogen and oxygen atoms in total. The van der Waals surface area contributed by atoms with Crippen molar-refractivity contribution in [3.05, 3.63) is 83.4 Å². The molecule has 0 atom stereocenters. The summed E-state index contributed by atoms with van der Waals surface area (Å²) < 4.78 is 4.94. The van der Waals surface area contributed by atoms with Crippen molar-refractivity contribution in [3.63, 3.8) is 0 Å². The molecule has 0 amide bonds. The van der Waals surface area contributed by atoms with Gasteiger partial charge >= 0.3 is 5.97 Å². The number of methoxy groups -OCH3 is 1. The second kappa shape index (κ2) is 5.40. The molecule has 3 aromatic rings. The molecule has 0 fully saturated rings. The lowest BCUT2D eigenvalue weighted by atomic mass is 9.92. The average Bonchev–Trinajstić information content (AvgIpc) is 3.00. The lowest BCUT2D eigenvalue weighted by molar-refractivity contribution is 0.0601. The van der Waals surface area contributed by atoms with Gasteiger partial charge in [-0.2, -0.15) is 0 Å². The van der Waals surface area contributed by atoms with E-state index < -0.39 is 0 Å². The Morgan fingerprint density at radius 2 is 1.39 bits per heavy atom. The van der Waals surface area contributed by atoms with Gasteiger partial charge in [0.2, 0.25) is 0 Å². The van der Waals surface area contributed by atoms with E-state index in [1.807, 2.05) is 24.3 Å². The first-order chi connectivity index (χ1) is 11.3. The molecule has 0 heterocycles. The number of carbonyl (C=O) groups excluding carboxylic acids is 1. The molecule has 0 aliphatic heterocycles. The quantitative estimate of drug-likeness (QED) is 0.501. The molecule has 1 aliphatic rings. The number of hydrogen-bond acceptors (Lipinski definition) is 2. The molecule has 23 heavy (non-hydrogen) atoms. The van der Waals surface area contributed by atoms with E-state index in [1.54, 1.807) is 0 Å². The van der Waals surface area contributed by atoms with Crippen LogP contribution in [0.4, 0.5) is 0 Å². The van der Waals surface area contributed by atoms with E-state index in [2.05, 4.69) is 42.5 Å². The topological polar surface area (TPSA) is 26.3 Å². The summed E-state index contributed by atoms with van der Waals surface area (Å²) in [5, 5.41) is 0. The maximum atomic E-state index is 12.1. The number of hydrogen-bond donors (Lipinski definition) is 0. The number of carbonyl (C=O) groups is 1. The molecule has 1 aliphatic carbocycles. The Hall–Kier alpha value is -2.87. The van der Waals surface area contributed by atoms with Crippen LogP contribution in [-0.2, 0) is 11.2 Å². The third-order valence-electron chi connectivity index (χ3n) is 4.47. The highest BCUT2D eigenvalue weighted by Crippen LogP contribution is 2.42. The minimum atomic E-state index is -0.297. The summed E-state index contributed by atoms with van der Waals surface area (Å²) in [7, 11) is 1.42. The lowest BCUT2D eigenvalue weighted by Gasteiger charge is -2.12. The predicted octanol–water partition coefficient (Wildman–Crippen LogP) is 4.71. The van der Waals surface area contributed by atoms with E-state index in [-0.39, 0.29) is 5.97 Å². The molecule has 0 saturated carbocycles. The van der Waals surface area contributed by atoms with Crippen molar-refractivity contribution in [3.8, 4) is 22.3 Å². The first kappa shape index (κ1) is 13.8. The largest absolute Gasteiger partial charge is 0.465 e. The molecule has 2 heteroatoms. The molecular weight excluding hydrogens is 284 g/mol. The molecule has 0 bridgehead atoms. The molecule has 112 valence electrons. The van der Waals surface area contributed by atoms with Gasteiger partial charge in [0.25, 0.3) is 0 Å². The number of benzene rings is 3. The van der Waals surface area contributed by atoms with Gasteiger partial charge in [0, 0.05) is 0 Å². The fourth-order valence-corrected chi connectivity index (χ4v) is 3.42. The number of rotatable bonds is 2. The highest BCUT2D eigenvalue weighted by Gasteiger charge is 2.23. The van der Waals surface area contributed by atoms with Crippen LogP contribution >= 0.6 is 0 Å². The Kier molecular flexibility index (Phi) is 3.23. The van der Waals surface area contributed by atoms with E-state index in [9.17, 15) is 4.79 Å². The van der Waals surface area contributed by atoms with Gasteiger partial charge in [-0.05, 0) is 45.9 Å². The molecule has 0 radical (unpaired) electrons. The summed E-state index contributed by atoms with van der Waals surface area (Å²) >= 11 is 0. The fraction of sp³-hybridized carbons (Fsp3) is 0.0952. The molecule has 0 aromatic heterocycles. The van der Waals surface area contributed by atoms with E-state index in [0.29, 0.717) is 5.56 Å². The van der Waals surface area contributed by atoms with Crippen LogP contribution in [0.2, 0.25) is 0 Å². The van der Waals surface area contributed by atoms with Crippen molar-refractivity contribution in [2.75, 3.05) is 7.11 Å². The molecular formula is C21H16O2. The van der Waals surface area contributed by atoms with Crippen LogP contribution in [0.25, 0.3) is 22.3 Å². The maximum absolute atomic E-state index is 12.1. The summed E-state index contributed by atoms with van der Waals surface area (Å²) in [5.74, 6) is -0.297. The molecule has 0 spiro atoms. The van der Waals surface area contributed by atoms with E-state index in [0.717, 1.165) is 17.5 Å². The number of ether oxygens (including phenoxy) is 1. The van der Waals surface area contributed by atoms with E-state index >= 15 is 0 Å². The van der Waals surface area contributed by atoms with Crippen LogP contribution in [0.3, 0.4) is 0 Å². The zero-order valence-electron chi connectivity index (χ0n) is 12.9. The van der Waals surface area contributed by atoms with Gasteiger partial charge in [0.05, 0.1) is 12.7 Å². The van der Waals surface area contributed by atoms with Crippen LogP contribution in [0.15, 0.2) is 66.7 Å². The van der Waals surface area contributed by atoms with Gasteiger partial charge in [0.15, 0.2) is 0 Å². The number of fused-ring (bicyclic) bond motifs is 3. The van der Waals surface area contributed by atoms with Crippen LogP contribution in [0, 0.1) is 0 Å². The van der Waals surface area contributed by atoms with Gasteiger partial charge in [-0.25, -0.2) is 4.79 Å². The first-order valence-corrected chi connectivity index (χ1v) is 7.67. The summed E-state index contributed by atoms with van der Waals surface area (Å²) in [6.45, 7) is 0. The van der Waals surface area contributed by atoms with E-state index in [1.165, 1.54) is 29.4 Å². The van der Waals surface area contributed by atoms with Gasteiger partial charge in [-0.1, -0.05) is 60.7 Å². The zero-order valence-corrected chi connectivity index (χ0v) is 12.9. The summed E-state index contributed by atoms with van der Waals surface area (Å²) in [6.07, 6.45) is 0.900. The van der Waals surface area contributed by atoms with Crippen molar-refractivity contribution in [2.24, 2.45) is 0 Å². The van der Waals surface area contributed by atoms with Crippen molar-refractivity contribution < 1.29 is 9.53 Å². The highest BCUT2D eigenvalue weighted by molar-refractivity contribution is 5.99. The molecule has 0 unspecified atom stereocenters. The normalized spacial score (nSPS) is 11.7. The Balaban J connectivity index is 1.93. The summed E-state index contributed by atoms with van der Waals surface area (Å²) in [5.41, 5.74) is 7.83. The molecule has 0 saturated heterocycles. The highest BCUT2D eigenvalue weighted by atomic mass is 16.5. The average molecular weight is 300 g/mol. The van der Waals surface area contributed by atoms with Crippen LogP contribution < -0.4 is 0 Å². The van der Waals surface area contributed by atoms with Crippen molar-refractivity contribution >= 4 is 5.97 Å². The third-order valence-corrected chi connectivity index (χ3v) is 4.47. The van der Waals surface area contributed by atoms with Crippen molar-refractivity contribution in [1.82, 2.24) is 0 Å². The van der Waals surface area contributed by atoms with Crippen molar-refractivity contribution in [2.45, 2.75) is 6.42 Å². The zero-order chi connectivity index (χ0) is 15.8. The Labute approximate surface area is 135 Å². The van der Waals surface area contributed by atoms with E-state index in [4.69, 9.17) is 4.74 Å². The van der Waals surface area contributed by atoms with Gasteiger partial charge in [-0.15, -0.1) is 0 Å². The SMILES string of the molecule is COC(=O)c1ccccc1-c1cccc2c1Cc1ccccc1-2. The smallest absolute Gasteiger partial charge is 0.338 e. The minimum Gasteiger partial charge on any atom is -0.465 e. The lowest BCUT2D eigenvalue weighted by Crippen LogP contribution is -2.04. The molecule has 4 rings (SSSR count). The maximum Gasteiger partial charge on any atom is 0.338 e. The molecule has 3 aromatic carbocycles. The summed E-state index contributed by atoms with van der Waals surface area (Å²) in [6, 6.07) is 22.4. The second-order valence-electron chi connectivity index (χ2n) is 5.70. The van der Waals surface area contributed by atoms with Crippen LogP contribution in [-0.4, -0.2) is 13.1 Å². The monoisotopic (exact) mass is 300 g/mol. The van der Waals surface area contributed by atoms with Crippen molar-refractivity contribution in [1.29, 1.82) is 0 Å². The first-order valence-electron chi connectivity index (χ1n) is 7.67. The Bertz CT molecular complexity index is 909. The van der Waals surface area contributed by atoms with Crippen LogP contribution in [0.1, 0.15) is 21.5 Å². The third kappa shape index (κ3) is 2.15. The summed E-state index contributed by atoms with van der Waals surface area (Å²) in [4.78, 5) is 12.1. The predicted molar refractivity (Wildman–Crippen MR) is 91.5 cm³/mol. The molecule has 0 N–H and O–H groups in total. The second-order valence-corrected chi connectivity index (χ2v) is 5.70. The standard InChI is InChI=1S/C21H16O2/c1-23-21(22)19-10-5-4-9-17(19)18-12-6-11-16-15-8-3-2-7-14(15)13-20(16)18/h2-12H,13H2,1H3.